The molecule has 0 aliphatic rings. The summed E-state index contributed by atoms with van der Waals surface area (Å²) in [7, 11) is 1.28. The Balaban J connectivity index is 2.35. The second-order valence-electron chi connectivity index (χ2n) is 4.16. The Labute approximate surface area is 130 Å². The van der Waals surface area contributed by atoms with Crippen LogP contribution in [0.3, 0.4) is 0 Å². The lowest BCUT2D eigenvalue weighted by molar-refractivity contribution is 0.0601. The summed E-state index contributed by atoms with van der Waals surface area (Å²) in [4.78, 5) is 11.4. The second kappa shape index (κ2) is 6.20. The maximum absolute atomic E-state index is 13.1. The molecule has 0 heterocycles. The number of ether oxygens (including phenoxy) is 1. The van der Waals surface area contributed by atoms with Gasteiger partial charge in [-0.2, -0.15) is 0 Å². The minimum atomic E-state index is -0.537. The van der Waals surface area contributed by atoms with Crippen LogP contribution in [0.1, 0.15) is 10.4 Å². The molecule has 0 aliphatic heterocycles. The molecule has 0 fully saturated rings. The normalized spacial score (nSPS) is 10.3. The number of hydrogen-bond donors (Lipinski definition) is 2. The highest BCUT2D eigenvalue weighted by Crippen LogP contribution is 2.35. The lowest BCUT2D eigenvalue weighted by atomic mass is 10.1. The summed E-state index contributed by atoms with van der Waals surface area (Å²) in [6, 6.07) is 6.84. The van der Waals surface area contributed by atoms with Crippen LogP contribution >= 0.6 is 23.2 Å². The van der Waals surface area contributed by atoms with Gasteiger partial charge in [-0.1, -0.05) is 23.2 Å². The van der Waals surface area contributed by atoms with E-state index in [1.54, 1.807) is 6.07 Å². The van der Waals surface area contributed by atoms with E-state index < -0.39 is 11.8 Å². The Morgan fingerprint density at radius 1 is 1.24 bits per heavy atom. The van der Waals surface area contributed by atoms with Gasteiger partial charge < -0.3 is 15.8 Å². The highest BCUT2D eigenvalue weighted by atomic mass is 35.5. The molecule has 110 valence electrons. The number of nitrogens with one attached hydrogen (secondary N) is 1. The molecule has 0 spiro atoms. The van der Waals surface area contributed by atoms with E-state index in [-0.39, 0.29) is 10.0 Å². The van der Waals surface area contributed by atoms with Gasteiger partial charge in [0.1, 0.15) is 5.82 Å². The van der Waals surface area contributed by atoms with E-state index in [2.05, 4.69) is 10.1 Å². The molecule has 0 bridgehead atoms. The van der Waals surface area contributed by atoms with Crippen molar-refractivity contribution in [1.29, 1.82) is 0 Å². The highest BCUT2D eigenvalue weighted by Gasteiger charge is 2.12. The van der Waals surface area contributed by atoms with Crippen LogP contribution in [0.2, 0.25) is 10.0 Å². The Morgan fingerprint density at radius 2 is 1.86 bits per heavy atom. The molecule has 0 aliphatic carbocycles. The molecular weight excluding hydrogens is 318 g/mol. The van der Waals surface area contributed by atoms with Crippen LogP contribution in [0.15, 0.2) is 30.3 Å². The third-order valence-electron chi connectivity index (χ3n) is 2.74. The van der Waals surface area contributed by atoms with Crippen molar-refractivity contribution in [3.05, 3.63) is 51.8 Å². The molecule has 0 aromatic heterocycles. The number of carbonyl (C=O) groups excluding carboxylic acids is 1. The summed E-state index contributed by atoms with van der Waals surface area (Å²) in [6.07, 6.45) is 0. The Kier molecular flexibility index (Phi) is 4.55. The van der Waals surface area contributed by atoms with Crippen LogP contribution in [-0.2, 0) is 4.74 Å². The molecule has 2 rings (SSSR count). The van der Waals surface area contributed by atoms with E-state index >= 15 is 0 Å². The lowest BCUT2D eigenvalue weighted by Crippen LogP contribution is -2.04. The number of halogens is 3. The van der Waals surface area contributed by atoms with Crippen molar-refractivity contribution in [3.63, 3.8) is 0 Å². The molecule has 0 saturated carbocycles. The number of carbonyl (C=O) groups is 1. The third-order valence-corrected chi connectivity index (χ3v) is 3.34. The van der Waals surface area contributed by atoms with Crippen molar-refractivity contribution in [3.8, 4) is 0 Å². The number of hydrogen-bond acceptors (Lipinski definition) is 4. The minimum Gasteiger partial charge on any atom is -0.465 e. The topological polar surface area (TPSA) is 64.3 Å². The molecule has 2 aromatic carbocycles. The molecular formula is C14H11Cl2FN2O2. The van der Waals surface area contributed by atoms with Crippen molar-refractivity contribution in [1.82, 2.24) is 0 Å². The van der Waals surface area contributed by atoms with E-state index in [1.165, 1.54) is 19.2 Å². The van der Waals surface area contributed by atoms with Gasteiger partial charge in [0.2, 0.25) is 0 Å². The zero-order chi connectivity index (χ0) is 15.6. The minimum absolute atomic E-state index is 0.122. The summed E-state index contributed by atoms with van der Waals surface area (Å²) in [5.41, 5.74) is 7.29. The first kappa shape index (κ1) is 15.4. The molecule has 2 aromatic rings. The fourth-order valence-corrected chi connectivity index (χ4v) is 2.27. The second-order valence-corrected chi connectivity index (χ2v) is 4.98. The van der Waals surface area contributed by atoms with Crippen molar-refractivity contribution in [2.24, 2.45) is 0 Å². The smallest absolute Gasteiger partial charge is 0.337 e. The van der Waals surface area contributed by atoms with Crippen molar-refractivity contribution >= 4 is 46.2 Å². The maximum Gasteiger partial charge on any atom is 0.337 e. The van der Waals surface area contributed by atoms with Crippen LogP contribution in [0.4, 0.5) is 21.5 Å². The summed E-state index contributed by atoms with van der Waals surface area (Å²) in [5.74, 6) is -1.03. The van der Waals surface area contributed by atoms with Gasteiger partial charge in [-0.25, -0.2) is 9.18 Å². The number of nitrogens with two attached hydrogens (primary N) is 1. The van der Waals surface area contributed by atoms with Gasteiger partial charge in [-0.05, 0) is 30.3 Å². The molecule has 21 heavy (non-hydrogen) atoms. The first-order valence-electron chi connectivity index (χ1n) is 5.81. The largest absolute Gasteiger partial charge is 0.465 e. The summed E-state index contributed by atoms with van der Waals surface area (Å²) < 4.78 is 17.7. The Bertz CT molecular complexity index is 684. The molecule has 0 radical (unpaired) electrons. The predicted molar refractivity (Wildman–Crippen MR) is 81.9 cm³/mol. The average molecular weight is 329 g/mol. The third kappa shape index (κ3) is 3.37. The summed E-state index contributed by atoms with van der Waals surface area (Å²) in [5, 5.41) is 3.16. The fraction of sp³-hybridized carbons (Fsp3) is 0.0714. The van der Waals surface area contributed by atoms with Gasteiger partial charge in [-0.3, -0.25) is 0 Å². The number of nitrogen functional groups attached to an aromatic ring is 1. The number of methoxy groups -OCH3 is 1. The van der Waals surface area contributed by atoms with Crippen molar-refractivity contribution in [2.45, 2.75) is 0 Å². The van der Waals surface area contributed by atoms with Gasteiger partial charge in [0.25, 0.3) is 0 Å². The Hall–Kier alpha value is -1.98. The SMILES string of the molecule is COC(=O)c1ccc(Nc2c(Cl)cc(F)cc2Cl)c(N)c1. The molecule has 7 heteroatoms. The molecule has 0 atom stereocenters. The lowest BCUT2D eigenvalue weighted by Gasteiger charge is -2.13. The van der Waals surface area contributed by atoms with Crippen LogP contribution in [0, 0.1) is 5.82 Å². The zero-order valence-electron chi connectivity index (χ0n) is 10.9. The molecule has 0 saturated heterocycles. The van der Waals surface area contributed by atoms with Crippen LogP contribution < -0.4 is 11.1 Å². The summed E-state index contributed by atoms with van der Waals surface area (Å²) >= 11 is 11.9. The molecule has 0 amide bonds. The van der Waals surface area contributed by atoms with Crippen molar-refractivity contribution in [2.75, 3.05) is 18.2 Å². The van der Waals surface area contributed by atoms with Crippen LogP contribution in [0.25, 0.3) is 0 Å². The number of benzene rings is 2. The standard InChI is InChI=1S/C14H11Cl2FN2O2/c1-21-14(20)7-2-3-12(11(18)4-7)19-13-9(15)5-8(17)6-10(13)16/h2-6,19H,18H2,1H3. The van der Waals surface area contributed by atoms with Gasteiger partial charge in [0, 0.05) is 0 Å². The van der Waals surface area contributed by atoms with Gasteiger partial charge in [0.05, 0.1) is 39.8 Å². The quantitative estimate of drug-likeness (QED) is 0.653. The average Bonchev–Trinajstić information content (AvgIpc) is 2.43. The van der Waals surface area contributed by atoms with Gasteiger partial charge in [-0.15, -0.1) is 0 Å². The number of esters is 1. The van der Waals surface area contributed by atoms with E-state index in [4.69, 9.17) is 28.9 Å². The highest BCUT2D eigenvalue weighted by molar-refractivity contribution is 6.39. The van der Waals surface area contributed by atoms with E-state index in [0.717, 1.165) is 12.1 Å². The molecule has 4 nitrogen and oxygen atoms in total. The number of rotatable bonds is 3. The zero-order valence-corrected chi connectivity index (χ0v) is 12.4. The fourth-order valence-electron chi connectivity index (χ4n) is 1.72. The van der Waals surface area contributed by atoms with Gasteiger partial charge in [0.15, 0.2) is 0 Å². The molecule has 3 N–H and O–H groups in total. The summed E-state index contributed by atoms with van der Waals surface area (Å²) in [6.45, 7) is 0. The predicted octanol–water partition coefficient (Wildman–Crippen LogP) is 4.24. The first-order chi connectivity index (χ1) is 9.92. The molecule has 0 unspecified atom stereocenters. The Morgan fingerprint density at radius 3 is 2.38 bits per heavy atom. The monoisotopic (exact) mass is 328 g/mol. The van der Waals surface area contributed by atoms with E-state index in [0.29, 0.717) is 22.6 Å². The van der Waals surface area contributed by atoms with Crippen molar-refractivity contribution < 1.29 is 13.9 Å². The van der Waals surface area contributed by atoms with Gasteiger partial charge >= 0.3 is 5.97 Å². The maximum atomic E-state index is 13.1. The van der Waals surface area contributed by atoms with Crippen LogP contribution in [-0.4, -0.2) is 13.1 Å². The van der Waals surface area contributed by atoms with Crippen LogP contribution in [0.5, 0.6) is 0 Å². The van der Waals surface area contributed by atoms with E-state index in [9.17, 15) is 9.18 Å². The number of anilines is 3. The van der Waals surface area contributed by atoms with E-state index in [1.807, 2.05) is 0 Å². The first-order valence-corrected chi connectivity index (χ1v) is 6.57.